The Morgan fingerprint density at radius 1 is 1.29 bits per heavy atom. The second-order valence-corrected chi connectivity index (χ2v) is 2.43. The van der Waals surface area contributed by atoms with Crippen LogP contribution in [-0.2, 0) is 0 Å². The largest absolute Gasteiger partial charge is 0.482 e. The first-order chi connectivity index (χ1) is 6.42. The van der Waals surface area contributed by atoms with Crippen LogP contribution >= 0.6 is 0 Å². The van der Waals surface area contributed by atoms with Gasteiger partial charge in [-0.25, -0.2) is 4.39 Å². The molecule has 74 valence electrons. The van der Waals surface area contributed by atoms with Gasteiger partial charge in [0.05, 0.1) is 5.56 Å². The highest BCUT2D eigenvalue weighted by Crippen LogP contribution is 2.21. The third-order valence-corrected chi connectivity index (χ3v) is 1.37. The Labute approximate surface area is 76.8 Å². The van der Waals surface area contributed by atoms with Crippen LogP contribution in [0.4, 0.5) is 23.2 Å². The molecule has 0 bridgehead atoms. The van der Waals surface area contributed by atoms with Gasteiger partial charge in [-0.15, -0.1) is 0 Å². The molecule has 1 N–H and O–H groups in total. The summed E-state index contributed by atoms with van der Waals surface area (Å²) in [6, 6.07) is 3.94. The van der Waals surface area contributed by atoms with Crippen molar-refractivity contribution in [3.05, 3.63) is 29.6 Å². The third kappa shape index (κ3) is 2.62. The van der Waals surface area contributed by atoms with Crippen molar-refractivity contribution in [1.29, 1.82) is 5.26 Å². The van der Waals surface area contributed by atoms with Crippen molar-refractivity contribution >= 4 is 5.69 Å². The van der Waals surface area contributed by atoms with Crippen molar-refractivity contribution < 1.29 is 17.6 Å². The quantitative estimate of drug-likeness (QED) is 0.563. The highest BCUT2D eigenvalue weighted by Gasteiger charge is 2.27. The summed E-state index contributed by atoms with van der Waals surface area (Å²) in [4.78, 5) is 0. The van der Waals surface area contributed by atoms with E-state index < -0.39 is 17.7 Å². The molecule has 0 radical (unpaired) electrons. The van der Waals surface area contributed by atoms with Gasteiger partial charge in [-0.3, -0.25) is 5.32 Å². The van der Waals surface area contributed by atoms with Crippen molar-refractivity contribution in [2.24, 2.45) is 0 Å². The summed E-state index contributed by atoms with van der Waals surface area (Å²) < 4.78 is 48.0. The number of alkyl halides is 3. The molecule has 14 heavy (non-hydrogen) atoms. The molecule has 0 aliphatic rings. The SMILES string of the molecule is N#Cc1cc(NC(F)(F)F)ccc1F. The summed E-state index contributed by atoms with van der Waals surface area (Å²) >= 11 is 0. The Hall–Kier alpha value is -1.77. The molecule has 1 rings (SSSR count). The molecule has 0 heterocycles. The van der Waals surface area contributed by atoms with E-state index in [1.165, 1.54) is 11.4 Å². The van der Waals surface area contributed by atoms with Crippen LogP contribution in [0.1, 0.15) is 5.56 Å². The zero-order valence-electron chi connectivity index (χ0n) is 6.69. The van der Waals surface area contributed by atoms with Crippen LogP contribution in [0.3, 0.4) is 0 Å². The van der Waals surface area contributed by atoms with Crippen LogP contribution < -0.4 is 5.32 Å². The number of anilines is 1. The molecule has 0 amide bonds. The van der Waals surface area contributed by atoms with Crippen LogP contribution in [-0.4, -0.2) is 6.30 Å². The summed E-state index contributed by atoms with van der Waals surface area (Å²) in [5.41, 5.74) is -0.797. The van der Waals surface area contributed by atoms with E-state index in [9.17, 15) is 17.6 Å². The standard InChI is InChI=1S/C8H4F4N2/c9-7-2-1-6(3-5(7)4-13)14-8(10,11)12/h1-3,14H. The minimum absolute atomic E-state index is 0.365. The lowest BCUT2D eigenvalue weighted by molar-refractivity contribution is -0.0999. The highest BCUT2D eigenvalue weighted by molar-refractivity contribution is 5.50. The molecule has 6 heteroatoms. The molecule has 0 saturated heterocycles. The molecule has 0 aliphatic heterocycles. The van der Waals surface area contributed by atoms with Crippen molar-refractivity contribution in [2.45, 2.75) is 6.30 Å². The Morgan fingerprint density at radius 2 is 1.93 bits per heavy atom. The topological polar surface area (TPSA) is 35.8 Å². The molecule has 0 saturated carbocycles. The van der Waals surface area contributed by atoms with Crippen LogP contribution in [0.2, 0.25) is 0 Å². The first-order valence-electron chi connectivity index (χ1n) is 3.47. The van der Waals surface area contributed by atoms with Gasteiger partial charge in [-0.2, -0.15) is 18.4 Å². The number of benzene rings is 1. The summed E-state index contributed by atoms with van der Waals surface area (Å²) in [6.45, 7) is 0. The molecule has 0 fully saturated rings. The second kappa shape index (κ2) is 3.54. The van der Waals surface area contributed by atoms with Gasteiger partial charge in [0, 0.05) is 5.69 Å². The normalized spacial score (nSPS) is 10.8. The minimum Gasteiger partial charge on any atom is -0.297 e. The van der Waals surface area contributed by atoms with Crippen molar-refractivity contribution in [3.63, 3.8) is 0 Å². The van der Waals surface area contributed by atoms with E-state index in [2.05, 4.69) is 0 Å². The van der Waals surface area contributed by atoms with Gasteiger partial charge in [-0.1, -0.05) is 0 Å². The van der Waals surface area contributed by atoms with Crippen LogP contribution in [0.25, 0.3) is 0 Å². The Balaban J connectivity index is 2.97. The molecule has 0 spiro atoms. The van der Waals surface area contributed by atoms with Crippen molar-refractivity contribution in [2.75, 3.05) is 5.32 Å². The number of hydrogen-bond acceptors (Lipinski definition) is 2. The van der Waals surface area contributed by atoms with E-state index in [1.54, 1.807) is 0 Å². The molecule has 0 atom stereocenters. The maximum atomic E-state index is 12.7. The first kappa shape index (κ1) is 10.3. The number of nitrogens with one attached hydrogen (secondary N) is 1. The molecular weight excluding hydrogens is 200 g/mol. The van der Waals surface area contributed by atoms with Gasteiger partial charge in [0.25, 0.3) is 0 Å². The van der Waals surface area contributed by atoms with E-state index in [-0.39, 0.29) is 5.69 Å². The summed E-state index contributed by atoms with van der Waals surface area (Å²) in [5, 5.41) is 9.51. The van der Waals surface area contributed by atoms with Gasteiger partial charge < -0.3 is 0 Å². The molecule has 1 aromatic carbocycles. The van der Waals surface area contributed by atoms with E-state index >= 15 is 0 Å². The smallest absolute Gasteiger partial charge is 0.297 e. The van der Waals surface area contributed by atoms with E-state index in [0.717, 1.165) is 18.2 Å². The molecule has 0 aliphatic carbocycles. The molecule has 1 aromatic rings. The lowest BCUT2D eigenvalue weighted by Crippen LogP contribution is -2.20. The predicted molar refractivity (Wildman–Crippen MR) is 40.8 cm³/mol. The van der Waals surface area contributed by atoms with Crippen LogP contribution in [0, 0.1) is 17.1 Å². The minimum atomic E-state index is -4.59. The van der Waals surface area contributed by atoms with Crippen LogP contribution in [0.15, 0.2) is 18.2 Å². The zero-order chi connectivity index (χ0) is 10.8. The molecule has 2 nitrogen and oxygen atoms in total. The Kier molecular flexibility index (Phi) is 2.60. The summed E-state index contributed by atoms with van der Waals surface area (Å²) in [6.07, 6.45) is -4.59. The van der Waals surface area contributed by atoms with Gasteiger partial charge >= 0.3 is 6.30 Å². The van der Waals surface area contributed by atoms with Crippen LogP contribution in [0.5, 0.6) is 0 Å². The monoisotopic (exact) mass is 204 g/mol. The average Bonchev–Trinajstić information content (AvgIpc) is 2.06. The van der Waals surface area contributed by atoms with Gasteiger partial charge in [-0.05, 0) is 18.2 Å². The molecular formula is C8H4F4N2. The number of nitriles is 1. The highest BCUT2D eigenvalue weighted by atomic mass is 19.4. The van der Waals surface area contributed by atoms with E-state index in [1.807, 2.05) is 0 Å². The Morgan fingerprint density at radius 3 is 2.43 bits per heavy atom. The third-order valence-electron chi connectivity index (χ3n) is 1.37. The number of halogens is 4. The number of nitrogens with zero attached hydrogens (tertiary/aromatic N) is 1. The fourth-order valence-corrected chi connectivity index (χ4v) is 0.852. The average molecular weight is 204 g/mol. The summed E-state index contributed by atoms with van der Waals surface area (Å²) in [7, 11) is 0. The van der Waals surface area contributed by atoms with Gasteiger partial charge in [0.1, 0.15) is 11.9 Å². The molecule has 0 aromatic heterocycles. The predicted octanol–water partition coefficient (Wildman–Crippen LogP) is 2.63. The zero-order valence-corrected chi connectivity index (χ0v) is 6.69. The lowest BCUT2D eigenvalue weighted by atomic mass is 10.2. The summed E-state index contributed by atoms with van der Waals surface area (Å²) in [5.74, 6) is -0.847. The lowest BCUT2D eigenvalue weighted by Gasteiger charge is -2.09. The Bertz CT molecular complexity index is 378. The first-order valence-corrected chi connectivity index (χ1v) is 3.47. The van der Waals surface area contributed by atoms with Gasteiger partial charge in [0.2, 0.25) is 0 Å². The second-order valence-electron chi connectivity index (χ2n) is 2.43. The maximum absolute atomic E-state index is 12.7. The molecule has 0 unspecified atom stereocenters. The van der Waals surface area contributed by atoms with E-state index in [4.69, 9.17) is 5.26 Å². The maximum Gasteiger partial charge on any atom is 0.482 e. The fraction of sp³-hybridized carbons (Fsp3) is 0.125. The number of hydrogen-bond donors (Lipinski definition) is 1. The number of rotatable bonds is 1. The van der Waals surface area contributed by atoms with Crippen molar-refractivity contribution in [3.8, 4) is 6.07 Å². The van der Waals surface area contributed by atoms with Gasteiger partial charge in [0.15, 0.2) is 0 Å². The van der Waals surface area contributed by atoms with E-state index in [0.29, 0.717) is 0 Å². The van der Waals surface area contributed by atoms with Crippen molar-refractivity contribution in [1.82, 2.24) is 0 Å². The fourth-order valence-electron chi connectivity index (χ4n) is 0.852.